The Balaban J connectivity index is 1.79. The topological polar surface area (TPSA) is 68.8 Å². The number of carbonyl (C=O) groups is 1. The molecule has 0 heterocycles. The maximum atomic E-state index is 12.0. The van der Waals surface area contributed by atoms with Gasteiger partial charge in [0.2, 0.25) is 11.7 Å². The molecule has 0 unspecified atom stereocenters. The predicted octanol–water partition coefficient (Wildman–Crippen LogP) is 2.87. The summed E-state index contributed by atoms with van der Waals surface area (Å²) in [5, 5.41) is 5.99. The van der Waals surface area contributed by atoms with Crippen LogP contribution in [0.5, 0.6) is 17.2 Å². The van der Waals surface area contributed by atoms with Crippen LogP contribution in [0.1, 0.15) is 12.0 Å². The third-order valence-electron chi connectivity index (χ3n) is 3.93. The number of carbonyl (C=O) groups excluding carboxylic acids is 1. The summed E-state index contributed by atoms with van der Waals surface area (Å²) in [5.74, 6) is 1.54. The van der Waals surface area contributed by atoms with Gasteiger partial charge in [-0.2, -0.15) is 0 Å². The number of hydrogen-bond acceptors (Lipinski definition) is 5. The highest BCUT2D eigenvalue weighted by Crippen LogP contribution is 2.39. The van der Waals surface area contributed by atoms with Crippen LogP contribution in [-0.4, -0.2) is 40.3 Å². The molecule has 6 heteroatoms. The number of aryl methyl sites for hydroxylation is 1. The normalized spacial score (nSPS) is 10.1. The monoisotopic (exact) mass is 358 g/mol. The lowest BCUT2D eigenvalue weighted by molar-refractivity contribution is -0.119. The van der Waals surface area contributed by atoms with Crippen molar-refractivity contribution in [2.24, 2.45) is 0 Å². The number of rotatable bonds is 10. The van der Waals surface area contributed by atoms with Gasteiger partial charge in [-0.15, -0.1) is 0 Å². The van der Waals surface area contributed by atoms with Crippen LogP contribution in [0.15, 0.2) is 42.5 Å². The van der Waals surface area contributed by atoms with Crippen LogP contribution in [0.3, 0.4) is 0 Å². The molecule has 1 amide bonds. The lowest BCUT2D eigenvalue weighted by atomic mass is 10.1. The second kappa shape index (κ2) is 10.2. The van der Waals surface area contributed by atoms with Gasteiger partial charge in [0.05, 0.1) is 27.9 Å². The summed E-state index contributed by atoms with van der Waals surface area (Å²) >= 11 is 0. The van der Waals surface area contributed by atoms with E-state index in [2.05, 4.69) is 22.8 Å². The van der Waals surface area contributed by atoms with Gasteiger partial charge in [0.15, 0.2) is 11.5 Å². The van der Waals surface area contributed by atoms with Crippen molar-refractivity contribution in [1.82, 2.24) is 5.32 Å². The Bertz CT molecular complexity index is 679. The van der Waals surface area contributed by atoms with Crippen LogP contribution in [0, 0.1) is 0 Å². The molecule has 2 aromatic rings. The smallest absolute Gasteiger partial charge is 0.239 e. The maximum Gasteiger partial charge on any atom is 0.239 e. The zero-order chi connectivity index (χ0) is 18.8. The van der Waals surface area contributed by atoms with E-state index in [9.17, 15) is 4.79 Å². The van der Waals surface area contributed by atoms with Crippen molar-refractivity contribution in [3.8, 4) is 17.2 Å². The number of ether oxygens (including phenoxy) is 3. The first-order valence-electron chi connectivity index (χ1n) is 8.52. The van der Waals surface area contributed by atoms with Gasteiger partial charge in [0, 0.05) is 24.4 Å². The van der Waals surface area contributed by atoms with E-state index in [-0.39, 0.29) is 12.5 Å². The first-order valence-corrected chi connectivity index (χ1v) is 8.52. The average molecular weight is 358 g/mol. The van der Waals surface area contributed by atoms with Gasteiger partial charge >= 0.3 is 0 Å². The minimum absolute atomic E-state index is 0.0631. The molecule has 0 spiro atoms. The standard InChI is InChI=1S/C20H26N2O4/c1-24-17-12-16(13-18(25-2)20(17)26-3)22-14-19(23)21-11-7-10-15-8-5-4-6-9-15/h4-6,8-9,12-13,22H,7,10-11,14H2,1-3H3,(H,21,23). The number of benzene rings is 2. The fraction of sp³-hybridized carbons (Fsp3) is 0.350. The van der Waals surface area contributed by atoms with E-state index in [1.54, 1.807) is 33.5 Å². The average Bonchev–Trinajstić information content (AvgIpc) is 2.69. The van der Waals surface area contributed by atoms with Gasteiger partial charge in [0.1, 0.15) is 0 Å². The quantitative estimate of drug-likeness (QED) is 0.639. The van der Waals surface area contributed by atoms with Gasteiger partial charge in [-0.3, -0.25) is 4.79 Å². The van der Waals surface area contributed by atoms with Crippen LogP contribution in [0.2, 0.25) is 0 Å². The van der Waals surface area contributed by atoms with E-state index in [4.69, 9.17) is 14.2 Å². The van der Waals surface area contributed by atoms with Crippen molar-refractivity contribution in [1.29, 1.82) is 0 Å². The molecule has 0 aliphatic rings. The van der Waals surface area contributed by atoms with Crippen molar-refractivity contribution in [3.05, 3.63) is 48.0 Å². The van der Waals surface area contributed by atoms with Crippen LogP contribution in [0.4, 0.5) is 5.69 Å². The van der Waals surface area contributed by atoms with Gasteiger partial charge in [-0.25, -0.2) is 0 Å². The van der Waals surface area contributed by atoms with E-state index < -0.39 is 0 Å². The molecule has 26 heavy (non-hydrogen) atoms. The van der Waals surface area contributed by atoms with Crippen LogP contribution >= 0.6 is 0 Å². The predicted molar refractivity (Wildman–Crippen MR) is 102 cm³/mol. The fourth-order valence-electron chi connectivity index (χ4n) is 2.59. The Kier molecular flexibility index (Phi) is 7.61. The number of anilines is 1. The molecule has 0 radical (unpaired) electrons. The number of nitrogens with one attached hydrogen (secondary N) is 2. The van der Waals surface area contributed by atoms with E-state index in [0.717, 1.165) is 18.5 Å². The zero-order valence-electron chi connectivity index (χ0n) is 15.5. The molecular formula is C20H26N2O4. The molecule has 6 nitrogen and oxygen atoms in total. The summed E-state index contributed by atoms with van der Waals surface area (Å²) in [6.07, 6.45) is 1.85. The Labute approximate surface area is 154 Å². The van der Waals surface area contributed by atoms with Gasteiger partial charge in [-0.05, 0) is 18.4 Å². The second-order valence-electron chi connectivity index (χ2n) is 5.71. The third-order valence-corrected chi connectivity index (χ3v) is 3.93. The molecule has 0 saturated carbocycles. The van der Waals surface area contributed by atoms with Crippen molar-refractivity contribution in [2.75, 3.05) is 39.7 Å². The largest absolute Gasteiger partial charge is 0.493 e. The first kappa shape index (κ1) is 19.4. The highest BCUT2D eigenvalue weighted by atomic mass is 16.5. The summed E-state index contributed by atoms with van der Waals surface area (Å²) in [4.78, 5) is 12.0. The summed E-state index contributed by atoms with van der Waals surface area (Å²) in [6, 6.07) is 13.8. The van der Waals surface area contributed by atoms with E-state index >= 15 is 0 Å². The molecule has 0 fully saturated rings. The highest BCUT2D eigenvalue weighted by molar-refractivity contribution is 5.81. The number of methoxy groups -OCH3 is 3. The summed E-state index contributed by atoms with van der Waals surface area (Å²) in [7, 11) is 4.66. The second-order valence-corrected chi connectivity index (χ2v) is 5.71. The van der Waals surface area contributed by atoms with Crippen LogP contribution in [-0.2, 0) is 11.2 Å². The van der Waals surface area contributed by atoms with E-state index in [0.29, 0.717) is 23.8 Å². The Hall–Kier alpha value is -2.89. The molecule has 0 saturated heterocycles. The van der Waals surface area contributed by atoms with Gasteiger partial charge < -0.3 is 24.8 Å². The summed E-state index contributed by atoms with van der Waals surface area (Å²) < 4.78 is 15.9. The van der Waals surface area contributed by atoms with Crippen LogP contribution < -0.4 is 24.8 Å². The van der Waals surface area contributed by atoms with E-state index in [1.165, 1.54) is 5.56 Å². The summed E-state index contributed by atoms with van der Waals surface area (Å²) in [6.45, 7) is 0.814. The molecule has 2 aromatic carbocycles. The molecule has 2 rings (SSSR count). The third kappa shape index (κ3) is 5.58. The molecule has 2 N–H and O–H groups in total. The van der Waals surface area contributed by atoms with E-state index in [1.807, 2.05) is 18.2 Å². The van der Waals surface area contributed by atoms with Crippen molar-refractivity contribution in [3.63, 3.8) is 0 Å². The van der Waals surface area contributed by atoms with Crippen molar-refractivity contribution in [2.45, 2.75) is 12.8 Å². The van der Waals surface area contributed by atoms with Crippen molar-refractivity contribution < 1.29 is 19.0 Å². The Morgan fingerprint density at radius 3 is 2.19 bits per heavy atom. The molecule has 0 bridgehead atoms. The van der Waals surface area contributed by atoms with Crippen LogP contribution in [0.25, 0.3) is 0 Å². The van der Waals surface area contributed by atoms with Crippen molar-refractivity contribution >= 4 is 11.6 Å². The highest BCUT2D eigenvalue weighted by Gasteiger charge is 2.13. The molecular weight excluding hydrogens is 332 g/mol. The number of amides is 1. The van der Waals surface area contributed by atoms with Gasteiger partial charge in [0.25, 0.3) is 0 Å². The Morgan fingerprint density at radius 1 is 0.962 bits per heavy atom. The SMILES string of the molecule is COc1cc(NCC(=O)NCCCc2ccccc2)cc(OC)c1OC. The molecule has 0 atom stereocenters. The fourth-order valence-corrected chi connectivity index (χ4v) is 2.59. The molecule has 0 aromatic heterocycles. The lowest BCUT2D eigenvalue weighted by Gasteiger charge is -2.15. The summed E-state index contributed by atoms with van der Waals surface area (Å²) in [5.41, 5.74) is 2.00. The zero-order valence-corrected chi connectivity index (χ0v) is 15.5. The first-order chi connectivity index (χ1) is 12.7. The molecule has 140 valence electrons. The van der Waals surface area contributed by atoms with Gasteiger partial charge in [-0.1, -0.05) is 30.3 Å². The molecule has 0 aliphatic heterocycles. The molecule has 0 aliphatic carbocycles. The Morgan fingerprint density at radius 2 is 1.62 bits per heavy atom. The minimum Gasteiger partial charge on any atom is -0.493 e. The maximum absolute atomic E-state index is 12.0. The minimum atomic E-state index is -0.0631. The number of hydrogen-bond donors (Lipinski definition) is 2. The lowest BCUT2D eigenvalue weighted by Crippen LogP contribution is -2.30.